The van der Waals surface area contributed by atoms with Crippen molar-refractivity contribution in [1.29, 1.82) is 0 Å². The van der Waals surface area contributed by atoms with Crippen LogP contribution in [0.25, 0.3) is 17.0 Å². The van der Waals surface area contributed by atoms with Gasteiger partial charge < -0.3 is 10.1 Å². The molecule has 6 nitrogen and oxygen atoms in total. The van der Waals surface area contributed by atoms with Crippen molar-refractivity contribution in [2.45, 2.75) is 51.4 Å². The van der Waals surface area contributed by atoms with Gasteiger partial charge in [-0.2, -0.15) is 0 Å². The third-order valence-corrected chi connectivity index (χ3v) is 4.52. The van der Waals surface area contributed by atoms with Crippen LogP contribution >= 0.6 is 0 Å². The predicted octanol–water partition coefficient (Wildman–Crippen LogP) is 3.88. The first-order chi connectivity index (χ1) is 12.6. The van der Waals surface area contributed by atoms with E-state index in [1.165, 1.54) is 0 Å². The van der Waals surface area contributed by atoms with Gasteiger partial charge in [0.2, 0.25) is 0 Å². The van der Waals surface area contributed by atoms with E-state index in [0.717, 1.165) is 29.9 Å². The highest BCUT2D eigenvalue weighted by Gasteiger charge is 2.27. The maximum Gasteiger partial charge on any atom is 0.145 e. The van der Waals surface area contributed by atoms with Crippen LogP contribution in [0.15, 0.2) is 36.9 Å². The number of halogens is 1. The molecule has 0 bridgehead atoms. The number of pyridine rings is 1. The summed E-state index contributed by atoms with van der Waals surface area (Å²) in [5.41, 5.74) is 2.29. The SMILES string of the molecule is CC(C)Oc1ccn2c(-c3cncc(N[C@H]4CCC[C@@H]4F)n3)cnc2c1. The highest BCUT2D eigenvalue weighted by Crippen LogP contribution is 2.26. The Morgan fingerprint density at radius 2 is 2.15 bits per heavy atom. The minimum Gasteiger partial charge on any atom is -0.491 e. The van der Waals surface area contributed by atoms with E-state index in [2.05, 4.69) is 20.3 Å². The zero-order valence-electron chi connectivity index (χ0n) is 14.9. The lowest BCUT2D eigenvalue weighted by atomic mass is 10.2. The molecule has 136 valence electrons. The summed E-state index contributed by atoms with van der Waals surface area (Å²) >= 11 is 0. The molecule has 2 atom stereocenters. The van der Waals surface area contributed by atoms with Gasteiger partial charge in [0.05, 0.1) is 36.4 Å². The Labute approximate surface area is 151 Å². The van der Waals surface area contributed by atoms with Crippen LogP contribution in [-0.2, 0) is 0 Å². The molecule has 0 spiro atoms. The molecule has 0 saturated heterocycles. The fourth-order valence-corrected chi connectivity index (χ4v) is 3.32. The highest BCUT2D eigenvalue weighted by molar-refractivity contribution is 5.61. The largest absolute Gasteiger partial charge is 0.491 e. The van der Waals surface area contributed by atoms with Crippen LogP contribution in [0.4, 0.5) is 10.2 Å². The Morgan fingerprint density at radius 1 is 1.27 bits per heavy atom. The van der Waals surface area contributed by atoms with Gasteiger partial charge in [0.25, 0.3) is 0 Å². The number of hydrogen-bond acceptors (Lipinski definition) is 5. The Hall–Kier alpha value is -2.70. The molecule has 1 saturated carbocycles. The normalized spacial score (nSPS) is 20.0. The number of anilines is 1. The van der Waals surface area contributed by atoms with Crippen LogP contribution < -0.4 is 10.1 Å². The first kappa shape index (κ1) is 16.8. The summed E-state index contributed by atoms with van der Waals surface area (Å²) in [5.74, 6) is 1.37. The molecule has 0 radical (unpaired) electrons. The molecule has 7 heteroatoms. The molecule has 1 aliphatic rings. The standard InChI is InChI=1S/C19H22FN5O/c1-12(2)26-13-6-7-25-17(10-22-19(25)8-13)16-9-21-11-18(24-16)23-15-5-3-4-14(15)20/h6-12,14-15H,3-5H2,1-2H3,(H,23,24)/t14-,15-/m0/s1. The molecule has 1 aliphatic carbocycles. The van der Waals surface area contributed by atoms with Gasteiger partial charge in [-0.1, -0.05) is 0 Å². The Kier molecular flexibility index (Phi) is 4.44. The van der Waals surface area contributed by atoms with Gasteiger partial charge in [0, 0.05) is 12.3 Å². The Bertz CT molecular complexity index is 910. The molecular formula is C19H22FN5O. The van der Waals surface area contributed by atoms with Crippen molar-refractivity contribution in [3.05, 3.63) is 36.9 Å². The second-order valence-corrected chi connectivity index (χ2v) is 6.89. The zero-order valence-corrected chi connectivity index (χ0v) is 14.9. The summed E-state index contributed by atoms with van der Waals surface area (Å²) in [4.78, 5) is 13.3. The van der Waals surface area contributed by atoms with Gasteiger partial charge >= 0.3 is 0 Å². The van der Waals surface area contributed by atoms with E-state index in [9.17, 15) is 4.39 Å². The third-order valence-electron chi connectivity index (χ3n) is 4.52. The molecule has 3 aromatic heterocycles. The summed E-state index contributed by atoms with van der Waals surface area (Å²) in [5, 5.41) is 3.17. The summed E-state index contributed by atoms with van der Waals surface area (Å²) in [7, 11) is 0. The van der Waals surface area contributed by atoms with Gasteiger partial charge in [-0.15, -0.1) is 0 Å². The molecule has 4 rings (SSSR count). The average Bonchev–Trinajstić information content (AvgIpc) is 3.21. The van der Waals surface area contributed by atoms with Crippen molar-refractivity contribution >= 4 is 11.5 Å². The second kappa shape index (κ2) is 6.90. The molecule has 1 N–H and O–H groups in total. The number of imidazole rings is 1. The van der Waals surface area contributed by atoms with E-state index in [1.54, 1.807) is 18.6 Å². The lowest BCUT2D eigenvalue weighted by Gasteiger charge is -2.15. The number of aromatic nitrogens is 4. The van der Waals surface area contributed by atoms with Gasteiger partial charge in [-0.05, 0) is 39.2 Å². The smallest absolute Gasteiger partial charge is 0.145 e. The summed E-state index contributed by atoms with van der Waals surface area (Å²) < 4.78 is 21.5. The quantitative estimate of drug-likeness (QED) is 0.752. The van der Waals surface area contributed by atoms with Gasteiger partial charge in [0.1, 0.15) is 29.1 Å². The second-order valence-electron chi connectivity index (χ2n) is 6.89. The Balaban J connectivity index is 1.62. The van der Waals surface area contributed by atoms with E-state index in [4.69, 9.17) is 4.74 Å². The van der Waals surface area contributed by atoms with E-state index < -0.39 is 6.17 Å². The maximum absolute atomic E-state index is 13.8. The lowest BCUT2D eigenvalue weighted by Crippen LogP contribution is -2.25. The van der Waals surface area contributed by atoms with E-state index in [-0.39, 0.29) is 12.1 Å². The van der Waals surface area contributed by atoms with Crippen molar-refractivity contribution in [3.63, 3.8) is 0 Å². The zero-order chi connectivity index (χ0) is 18.1. The minimum absolute atomic E-state index is 0.107. The summed E-state index contributed by atoms with van der Waals surface area (Å²) in [6, 6.07) is 3.61. The van der Waals surface area contributed by atoms with Crippen LogP contribution in [-0.4, -0.2) is 37.7 Å². The number of alkyl halides is 1. The molecule has 0 aromatic carbocycles. The number of fused-ring (bicyclic) bond motifs is 1. The molecule has 26 heavy (non-hydrogen) atoms. The van der Waals surface area contributed by atoms with Crippen molar-refractivity contribution in [3.8, 4) is 17.1 Å². The van der Waals surface area contributed by atoms with Crippen molar-refractivity contribution in [2.24, 2.45) is 0 Å². The third kappa shape index (κ3) is 3.34. The molecule has 0 aliphatic heterocycles. The van der Waals surface area contributed by atoms with E-state index in [0.29, 0.717) is 17.9 Å². The Morgan fingerprint density at radius 3 is 2.92 bits per heavy atom. The van der Waals surface area contributed by atoms with E-state index in [1.807, 2.05) is 36.6 Å². The molecular weight excluding hydrogens is 333 g/mol. The molecule has 3 heterocycles. The lowest BCUT2D eigenvalue weighted by molar-refractivity contribution is 0.242. The fourth-order valence-electron chi connectivity index (χ4n) is 3.32. The number of nitrogens with one attached hydrogen (secondary N) is 1. The molecule has 0 unspecified atom stereocenters. The summed E-state index contributed by atoms with van der Waals surface area (Å²) in [6.45, 7) is 3.98. The number of nitrogens with zero attached hydrogens (tertiary/aromatic N) is 4. The van der Waals surface area contributed by atoms with Crippen LogP contribution in [0.5, 0.6) is 5.75 Å². The van der Waals surface area contributed by atoms with Crippen LogP contribution in [0.3, 0.4) is 0 Å². The molecule has 0 amide bonds. The van der Waals surface area contributed by atoms with Gasteiger partial charge in [-0.3, -0.25) is 9.38 Å². The topological polar surface area (TPSA) is 64.3 Å². The monoisotopic (exact) mass is 355 g/mol. The first-order valence-corrected chi connectivity index (χ1v) is 8.97. The number of ether oxygens (including phenoxy) is 1. The van der Waals surface area contributed by atoms with Crippen LogP contribution in [0.1, 0.15) is 33.1 Å². The van der Waals surface area contributed by atoms with E-state index >= 15 is 0 Å². The van der Waals surface area contributed by atoms with Gasteiger partial charge in [0.15, 0.2) is 0 Å². The van der Waals surface area contributed by atoms with Crippen LogP contribution in [0, 0.1) is 0 Å². The number of hydrogen-bond donors (Lipinski definition) is 1. The first-order valence-electron chi connectivity index (χ1n) is 8.97. The van der Waals surface area contributed by atoms with Crippen LogP contribution in [0.2, 0.25) is 0 Å². The fraction of sp³-hybridized carbons (Fsp3) is 0.421. The highest BCUT2D eigenvalue weighted by atomic mass is 19.1. The number of rotatable bonds is 5. The predicted molar refractivity (Wildman–Crippen MR) is 98.1 cm³/mol. The maximum atomic E-state index is 13.8. The summed E-state index contributed by atoms with van der Waals surface area (Å²) in [6.07, 6.45) is 8.61. The average molecular weight is 355 g/mol. The minimum atomic E-state index is -0.823. The van der Waals surface area contributed by atoms with Gasteiger partial charge in [-0.25, -0.2) is 14.4 Å². The van der Waals surface area contributed by atoms with Crippen molar-refractivity contribution in [1.82, 2.24) is 19.4 Å². The molecule has 3 aromatic rings. The molecule has 1 fully saturated rings. The van der Waals surface area contributed by atoms with Crippen molar-refractivity contribution < 1.29 is 9.13 Å². The van der Waals surface area contributed by atoms with Crippen molar-refractivity contribution in [2.75, 3.05) is 5.32 Å².